The van der Waals surface area contributed by atoms with E-state index in [0.29, 0.717) is 0 Å². The Hall–Kier alpha value is 0. The Morgan fingerprint density at radius 3 is 2.19 bits per heavy atom. The van der Waals surface area contributed by atoms with Gasteiger partial charge in [0, 0.05) is 0 Å². The standard InChI is InChI=1S/C16H32/c1-6-15-11-14(5)16(15)13(4)10-8-7-9-12(2)3/h12-16H,6-11H2,1-5H3. The molecule has 0 bridgehead atoms. The van der Waals surface area contributed by atoms with Gasteiger partial charge in [0.05, 0.1) is 0 Å². The van der Waals surface area contributed by atoms with E-state index in [-0.39, 0.29) is 0 Å². The minimum atomic E-state index is 0.890. The molecule has 0 aromatic heterocycles. The van der Waals surface area contributed by atoms with Crippen molar-refractivity contribution in [3.63, 3.8) is 0 Å². The van der Waals surface area contributed by atoms with E-state index in [9.17, 15) is 0 Å². The lowest BCUT2D eigenvalue weighted by Crippen LogP contribution is -2.38. The lowest BCUT2D eigenvalue weighted by atomic mass is 9.59. The Morgan fingerprint density at radius 1 is 1.06 bits per heavy atom. The summed E-state index contributed by atoms with van der Waals surface area (Å²) >= 11 is 0. The molecule has 0 aromatic carbocycles. The highest BCUT2D eigenvalue weighted by molar-refractivity contribution is 4.88. The van der Waals surface area contributed by atoms with Crippen LogP contribution in [0.3, 0.4) is 0 Å². The van der Waals surface area contributed by atoms with Crippen molar-refractivity contribution in [3.8, 4) is 0 Å². The summed E-state index contributed by atoms with van der Waals surface area (Å²) < 4.78 is 0. The molecule has 0 heteroatoms. The van der Waals surface area contributed by atoms with Crippen LogP contribution in [0, 0.1) is 29.6 Å². The fourth-order valence-electron chi connectivity index (χ4n) is 3.74. The quantitative estimate of drug-likeness (QED) is 0.499. The maximum Gasteiger partial charge on any atom is -0.0334 e. The van der Waals surface area contributed by atoms with Crippen LogP contribution in [-0.4, -0.2) is 0 Å². The average molecular weight is 224 g/mol. The van der Waals surface area contributed by atoms with E-state index in [1.54, 1.807) is 0 Å². The monoisotopic (exact) mass is 224 g/mol. The molecule has 0 spiro atoms. The fourth-order valence-corrected chi connectivity index (χ4v) is 3.74. The molecule has 1 aliphatic rings. The lowest BCUT2D eigenvalue weighted by molar-refractivity contribution is 0.0294. The molecular formula is C16H32. The topological polar surface area (TPSA) is 0 Å². The van der Waals surface area contributed by atoms with E-state index < -0.39 is 0 Å². The molecular weight excluding hydrogens is 192 g/mol. The van der Waals surface area contributed by atoms with Crippen LogP contribution in [0.15, 0.2) is 0 Å². The third kappa shape index (κ3) is 3.79. The van der Waals surface area contributed by atoms with Gasteiger partial charge in [-0.1, -0.05) is 66.7 Å². The minimum Gasteiger partial charge on any atom is -0.0651 e. The van der Waals surface area contributed by atoms with Gasteiger partial charge in [-0.25, -0.2) is 0 Å². The summed E-state index contributed by atoms with van der Waals surface area (Å²) in [6, 6.07) is 0. The van der Waals surface area contributed by atoms with Crippen molar-refractivity contribution in [2.45, 2.75) is 73.1 Å². The zero-order valence-corrected chi connectivity index (χ0v) is 12.1. The second-order valence-corrected chi connectivity index (χ2v) is 6.61. The third-order valence-corrected chi connectivity index (χ3v) is 4.75. The summed E-state index contributed by atoms with van der Waals surface area (Å²) in [6.45, 7) is 12.0. The minimum absolute atomic E-state index is 0.890. The summed E-state index contributed by atoms with van der Waals surface area (Å²) in [5.74, 6) is 4.96. The molecule has 0 nitrogen and oxygen atoms in total. The molecule has 0 aliphatic heterocycles. The first-order valence-corrected chi connectivity index (χ1v) is 7.56. The van der Waals surface area contributed by atoms with Crippen LogP contribution in [-0.2, 0) is 0 Å². The maximum atomic E-state index is 2.50. The number of hydrogen-bond acceptors (Lipinski definition) is 0. The third-order valence-electron chi connectivity index (χ3n) is 4.75. The van der Waals surface area contributed by atoms with E-state index >= 15 is 0 Å². The molecule has 0 radical (unpaired) electrons. The van der Waals surface area contributed by atoms with E-state index in [1.807, 2.05) is 0 Å². The number of unbranched alkanes of at least 4 members (excludes halogenated alkanes) is 1. The molecule has 1 aliphatic carbocycles. The zero-order valence-electron chi connectivity index (χ0n) is 12.1. The fraction of sp³-hybridized carbons (Fsp3) is 1.00. The second-order valence-electron chi connectivity index (χ2n) is 6.61. The van der Waals surface area contributed by atoms with Gasteiger partial charge in [0.15, 0.2) is 0 Å². The summed E-state index contributed by atoms with van der Waals surface area (Å²) in [5.41, 5.74) is 0. The molecule has 0 aromatic rings. The van der Waals surface area contributed by atoms with Gasteiger partial charge in [-0.2, -0.15) is 0 Å². The van der Waals surface area contributed by atoms with Crippen LogP contribution in [0.25, 0.3) is 0 Å². The van der Waals surface area contributed by atoms with Crippen molar-refractivity contribution < 1.29 is 0 Å². The molecule has 0 saturated heterocycles. The number of rotatable bonds is 7. The van der Waals surface area contributed by atoms with Crippen molar-refractivity contribution >= 4 is 0 Å². The smallest absolute Gasteiger partial charge is 0.0334 e. The first-order chi connectivity index (χ1) is 7.56. The van der Waals surface area contributed by atoms with E-state index in [4.69, 9.17) is 0 Å². The molecule has 96 valence electrons. The van der Waals surface area contributed by atoms with Crippen LogP contribution < -0.4 is 0 Å². The first kappa shape index (κ1) is 14.1. The molecule has 0 amide bonds. The van der Waals surface area contributed by atoms with Crippen LogP contribution in [0.1, 0.15) is 73.1 Å². The van der Waals surface area contributed by atoms with E-state index in [1.165, 1.54) is 38.5 Å². The Balaban J connectivity index is 2.16. The van der Waals surface area contributed by atoms with Crippen molar-refractivity contribution in [2.75, 3.05) is 0 Å². The van der Waals surface area contributed by atoms with Crippen LogP contribution in [0.5, 0.6) is 0 Å². The number of hydrogen-bond donors (Lipinski definition) is 0. The predicted molar refractivity (Wildman–Crippen MR) is 73.5 cm³/mol. The SMILES string of the molecule is CCC1CC(C)C1C(C)CCCCC(C)C. The summed E-state index contributed by atoms with van der Waals surface area (Å²) in [4.78, 5) is 0. The highest BCUT2D eigenvalue weighted by Crippen LogP contribution is 2.47. The molecule has 0 N–H and O–H groups in total. The van der Waals surface area contributed by atoms with Gasteiger partial charge in [0.1, 0.15) is 0 Å². The Morgan fingerprint density at radius 2 is 1.69 bits per heavy atom. The van der Waals surface area contributed by atoms with Crippen molar-refractivity contribution in [1.29, 1.82) is 0 Å². The van der Waals surface area contributed by atoms with Crippen molar-refractivity contribution in [1.82, 2.24) is 0 Å². The Bertz CT molecular complexity index is 182. The van der Waals surface area contributed by atoms with Crippen LogP contribution >= 0.6 is 0 Å². The van der Waals surface area contributed by atoms with E-state index in [0.717, 1.165) is 29.6 Å². The van der Waals surface area contributed by atoms with Gasteiger partial charge in [0.2, 0.25) is 0 Å². The second kappa shape index (κ2) is 6.67. The summed E-state index contributed by atoms with van der Waals surface area (Å²) in [5, 5.41) is 0. The molecule has 1 saturated carbocycles. The average Bonchev–Trinajstić information content (AvgIpc) is 2.20. The van der Waals surface area contributed by atoms with Crippen molar-refractivity contribution in [2.24, 2.45) is 29.6 Å². The first-order valence-electron chi connectivity index (χ1n) is 7.56. The van der Waals surface area contributed by atoms with Gasteiger partial charge in [-0.3, -0.25) is 0 Å². The summed E-state index contributed by atoms with van der Waals surface area (Å²) in [7, 11) is 0. The highest BCUT2D eigenvalue weighted by Gasteiger charge is 2.39. The van der Waals surface area contributed by atoms with Gasteiger partial charge in [-0.05, 0) is 36.0 Å². The lowest BCUT2D eigenvalue weighted by Gasteiger charge is -2.46. The van der Waals surface area contributed by atoms with Crippen molar-refractivity contribution in [3.05, 3.63) is 0 Å². The van der Waals surface area contributed by atoms with Gasteiger partial charge < -0.3 is 0 Å². The summed E-state index contributed by atoms with van der Waals surface area (Å²) in [6.07, 6.45) is 8.70. The van der Waals surface area contributed by atoms with Gasteiger partial charge in [-0.15, -0.1) is 0 Å². The highest BCUT2D eigenvalue weighted by atomic mass is 14.4. The zero-order chi connectivity index (χ0) is 12.1. The molecule has 4 atom stereocenters. The van der Waals surface area contributed by atoms with Gasteiger partial charge in [0.25, 0.3) is 0 Å². The molecule has 0 heterocycles. The maximum absolute atomic E-state index is 2.50. The van der Waals surface area contributed by atoms with E-state index in [2.05, 4.69) is 34.6 Å². The Labute approximate surface area is 103 Å². The van der Waals surface area contributed by atoms with Gasteiger partial charge >= 0.3 is 0 Å². The predicted octanol–water partition coefficient (Wildman–Crippen LogP) is 5.52. The molecule has 4 unspecified atom stereocenters. The molecule has 1 fully saturated rings. The van der Waals surface area contributed by atoms with Crippen LogP contribution in [0.2, 0.25) is 0 Å². The molecule has 16 heavy (non-hydrogen) atoms. The molecule has 1 rings (SSSR count). The normalized spacial score (nSPS) is 31.5. The van der Waals surface area contributed by atoms with Crippen LogP contribution in [0.4, 0.5) is 0 Å². The largest absolute Gasteiger partial charge is 0.0651 e. The Kier molecular flexibility index (Phi) is 5.86.